The van der Waals surface area contributed by atoms with Gasteiger partial charge in [0.2, 0.25) is 0 Å². The quantitative estimate of drug-likeness (QED) is 0.397. The molecular formula is C15H19Cl2N5S. The summed E-state index contributed by atoms with van der Waals surface area (Å²) >= 11 is 13.6. The molecular weight excluding hydrogens is 353 g/mol. The van der Waals surface area contributed by atoms with E-state index in [-0.39, 0.29) is 0 Å². The molecule has 2 rings (SSSR count). The highest BCUT2D eigenvalue weighted by Gasteiger charge is 2.02. The van der Waals surface area contributed by atoms with E-state index in [4.69, 9.17) is 23.2 Å². The zero-order chi connectivity index (χ0) is 16.5. The Balaban J connectivity index is 1.65. The van der Waals surface area contributed by atoms with Crippen molar-refractivity contribution in [3.05, 3.63) is 44.7 Å². The minimum atomic E-state index is 0.510. The van der Waals surface area contributed by atoms with E-state index < -0.39 is 0 Å². The smallest absolute Gasteiger partial charge is 0.191 e. The first-order chi connectivity index (χ1) is 11.2. The maximum atomic E-state index is 6.05. The average molecular weight is 372 g/mol. The summed E-state index contributed by atoms with van der Waals surface area (Å²) in [5, 5.41) is 12.8. The molecule has 5 nitrogen and oxygen atoms in total. The van der Waals surface area contributed by atoms with Crippen LogP contribution < -0.4 is 16.0 Å². The minimum absolute atomic E-state index is 0.510. The zero-order valence-corrected chi connectivity index (χ0v) is 15.1. The highest BCUT2D eigenvalue weighted by Crippen LogP contribution is 2.21. The molecule has 124 valence electrons. The van der Waals surface area contributed by atoms with Crippen LogP contribution in [0, 0.1) is 0 Å². The molecule has 0 aliphatic carbocycles. The number of rotatable bonds is 7. The molecule has 0 aliphatic heterocycles. The van der Waals surface area contributed by atoms with Gasteiger partial charge in [0.15, 0.2) is 5.96 Å². The second-order valence-corrected chi connectivity index (χ2v) is 6.54. The summed E-state index contributed by atoms with van der Waals surface area (Å²) in [5.41, 5.74) is 0. The molecule has 0 bridgehead atoms. The van der Waals surface area contributed by atoms with E-state index in [9.17, 15) is 0 Å². The molecule has 0 spiro atoms. The highest BCUT2D eigenvalue weighted by molar-refractivity contribution is 7.09. The fraction of sp³-hybridized carbons (Fsp3) is 0.333. The first-order valence-electron chi connectivity index (χ1n) is 7.21. The molecule has 0 unspecified atom stereocenters. The number of nitrogens with one attached hydrogen (secondary N) is 3. The highest BCUT2D eigenvalue weighted by atomic mass is 35.5. The van der Waals surface area contributed by atoms with Gasteiger partial charge in [-0.3, -0.25) is 4.99 Å². The number of thiophene rings is 1. The molecule has 2 heterocycles. The van der Waals surface area contributed by atoms with E-state index in [0.717, 1.165) is 18.9 Å². The maximum Gasteiger partial charge on any atom is 0.191 e. The summed E-state index contributed by atoms with van der Waals surface area (Å²) in [6, 6.07) is 5.86. The van der Waals surface area contributed by atoms with Crippen LogP contribution >= 0.6 is 34.5 Å². The molecule has 0 atom stereocenters. The number of aliphatic imine (C=N–C) groups is 1. The first-order valence-corrected chi connectivity index (χ1v) is 8.84. The fourth-order valence-electron chi connectivity index (χ4n) is 1.89. The van der Waals surface area contributed by atoms with Crippen LogP contribution in [0.5, 0.6) is 0 Å². The van der Waals surface area contributed by atoms with Crippen LogP contribution in [-0.2, 0) is 6.42 Å². The van der Waals surface area contributed by atoms with Crippen LogP contribution in [0.25, 0.3) is 0 Å². The Kier molecular flexibility index (Phi) is 7.45. The van der Waals surface area contributed by atoms with E-state index in [1.807, 2.05) is 0 Å². The standard InChI is InChI=1S/C15H19Cl2N5S/c1-18-15(20-5-4-12-3-2-8-23-12)21-7-6-19-14-13(17)9-11(16)10-22-14/h2-3,8-10H,4-7H2,1H3,(H,19,22)(H2,18,20,21). The molecule has 0 amide bonds. The van der Waals surface area contributed by atoms with Crippen molar-refractivity contribution in [1.82, 2.24) is 15.6 Å². The molecule has 0 radical (unpaired) electrons. The Hall–Kier alpha value is -1.50. The number of aromatic nitrogens is 1. The summed E-state index contributed by atoms with van der Waals surface area (Å²) < 4.78 is 0. The van der Waals surface area contributed by atoms with Crippen LogP contribution in [0.2, 0.25) is 10.0 Å². The number of halogens is 2. The molecule has 0 fully saturated rings. The van der Waals surface area contributed by atoms with Crippen LogP contribution in [0.4, 0.5) is 5.82 Å². The molecule has 0 aliphatic rings. The predicted molar refractivity (Wildman–Crippen MR) is 100 cm³/mol. The first kappa shape index (κ1) is 17.8. The SMILES string of the molecule is CN=C(NCCNc1ncc(Cl)cc1Cl)NCCc1cccs1. The summed E-state index contributed by atoms with van der Waals surface area (Å²) in [6.45, 7) is 2.21. The summed E-state index contributed by atoms with van der Waals surface area (Å²) in [6.07, 6.45) is 2.55. The molecule has 23 heavy (non-hydrogen) atoms. The lowest BCUT2D eigenvalue weighted by Gasteiger charge is -2.12. The van der Waals surface area contributed by atoms with Gasteiger partial charge < -0.3 is 16.0 Å². The van der Waals surface area contributed by atoms with E-state index >= 15 is 0 Å². The molecule has 2 aromatic heterocycles. The number of nitrogens with zero attached hydrogens (tertiary/aromatic N) is 2. The lowest BCUT2D eigenvalue weighted by Crippen LogP contribution is -2.40. The Morgan fingerprint density at radius 1 is 1.26 bits per heavy atom. The second kappa shape index (κ2) is 9.60. The normalized spacial score (nSPS) is 11.3. The van der Waals surface area contributed by atoms with Gasteiger partial charge in [0.05, 0.1) is 10.0 Å². The van der Waals surface area contributed by atoms with Gasteiger partial charge in [-0.25, -0.2) is 4.98 Å². The number of guanidine groups is 1. The van der Waals surface area contributed by atoms with Crippen molar-refractivity contribution in [1.29, 1.82) is 0 Å². The molecule has 0 saturated carbocycles. The van der Waals surface area contributed by atoms with Gasteiger partial charge in [0.1, 0.15) is 5.82 Å². The van der Waals surface area contributed by atoms with E-state index in [1.54, 1.807) is 30.6 Å². The van der Waals surface area contributed by atoms with Gasteiger partial charge >= 0.3 is 0 Å². The van der Waals surface area contributed by atoms with Crippen molar-refractivity contribution in [2.75, 3.05) is 32.0 Å². The van der Waals surface area contributed by atoms with Gasteiger partial charge in [-0.15, -0.1) is 11.3 Å². The van der Waals surface area contributed by atoms with Gasteiger partial charge in [-0.05, 0) is 23.9 Å². The number of anilines is 1. The maximum absolute atomic E-state index is 6.05. The topological polar surface area (TPSA) is 61.3 Å². The Bertz CT molecular complexity index is 631. The molecule has 2 aromatic rings. The van der Waals surface area contributed by atoms with Crippen molar-refractivity contribution in [2.24, 2.45) is 4.99 Å². The lowest BCUT2D eigenvalue weighted by atomic mass is 10.3. The molecule has 0 saturated heterocycles. The van der Waals surface area contributed by atoms with Crippen LogP contribution in [0.15, 0.2) is 34.8 Å². The third kappa shape index (κ3) is 6.25. The van der Waals surface area contributed by atoms with Gasteiger partial charge in [-0.1, -0.05) is 29.3 Å². The van der Waals surface area contributed by atoms with Gasteiger partial charge in [0, 0.05) is 37.8 Å². The lowest BCUT2D eigenvalue weighted by molar-refractivity contribution is 0.802. The summed E-state index contributed by atoms with van der Waals surface area (Å²) in [4.78, 5) is 9.70. The third-order valence-corrected chi connectivity index (χ3v) is 4.42. The van der Waals surface area contributed by atoms with Crippen molar-refractivity contribution < 1.29 is 0 Å². The second-order valence-electron chi connectivity index (χ2n) is 4.67. The zero-order valence-electron chi connectivity index (χ0n) is 12.8. The van der Waals surface area contributed by atoms with Crippen molar-refractivity contribution in [3.63, 3.8) is 0 Å². The molecule has 0 aromatic carbocycles. The van der Waals surface area contributed by atoms with Crippen molar-refractivity contribution in [3.8, 4) is 0 Å². The van der Waals surface area contributed by atoms with Gasteiger partial charge in [0.25, 0.3) is 0 Å². The summed E-state index contributed by atoms with van der Waals surface area (Å²) in [7, 11) is 1.76. The van der Waals surface area contributed by atoms with Crippen LogP contribution in [-0.4, -0.2) is 37.6 Å². The Labute approximate surface area is 150 Å². The monoisotopic (exact) mass is 371 g/mol. The Morgan fingerprint density at radius 2 is 2.09 bits per heavy atom. The van der Waals surface area contributed by atoms with E-state index in [0.29, 0.717) is 29.0 Å². The Morgan fingerprint density at radius 3 is 2.78 bits per heavy atom. The molecule has 3 N–H and O–H groups in total. The molecule has 8 heteroatoms. The van der Waals surface area contributed by atoms with Crippen molar-refractivity contribution in [2.45, 2.75) is 6.42 Å². The summed E-state index contributed by atoms with van der Waals surface area (Å²) in [5.74, 6) is 1.40. The predicted octanol–water partition coefficient (Wildman–Crippen LogP) is 3.27. The van der Waals surface area contributed by atoms with Crippen LogP contribution in [0.3, 0.4) is 0 Å². The third-order valence-electron chi connectivity index (χ3n) is 2.99. The number of hydrogen-bond acceptors (Lipinski definition) is 4. The van der Waals surface area contributed by atoms with Crippen LogP contribution in [0.1, 0.15) is 4.88 Å². The fourth-order valence-corrected chi connectivity index (χ4v) is 3.04. The van der Waals surface area contributed by atoms with E-state index in [2.05, 4.69) is 43.4 Å². The average Bonchev–Trinajstić information content (AvgIpc) is 3.04. The largest absolute Gasteiger partial charge is 0.367 e. The number of pyridine rings is 1. The van der Waals surface area contributed by atoms with Gasteiger partial charge in [-0.2, -0.15) is 0 Å². The van der Waals surface area contributed by atoms with Crippen molar-refractivity contribution >= 4 is 46.3 Å². The minimum Gasteiger partial charge on any atom is -0.367 e. The number of hydrogen-bond donors (Lipinski definition) is 3. The van der Waals surface area contributed by atoms with E-state index in [1.165, 1.54) is 4.88 Å².